The van der Waals surface area contributed by atoms with E-state index in [9.17, 15) is 24.5 Å². The summed E-state index contributed by atoms with van der Waals surface area (Å²) in [6.07, 6.45) is 4.01. The molecule has 1 aliphatic carbocycles. The molecule has 10 heteroatoms. The molecule has 2 aromatic rings. The summed E-state index contributed by atoms with van der Waals surface area (Å²) in [4.78, 5) is 53.7. The summed E-state index contributed by atoms with van der Waals surface area (Å²) in [6, 6.07) is 3.45. The fourth-order valence-corrected chi connectivity index (χ4v) is 4.31. The second kappa shape index (κ2) is 6.54. The van der Waals surface area contributed by atoms with Crippen molar-refractivity contribution in [1.29, 1.82) is 0 Å². The largest absolute Gasteiger partial charge is 0.300 e. The van der Waals surface area contributed by atoms with Crippen LogP contribution >= 0.6 is 11.3 Å². The molecule has 3 amide bonds. The number of aromatic nitrogens is 1. The monoisotopic (exact) mass is 386 g/mol. The van der Waals surface area contributed by atoms with Gasteiger partial charge < -0.3 is 5.32 Å². The lowest BCUT2D eigenvalue weighted by Gasteiger charge is -2.12. The number of hydrogen-bond donors (Lipinski definition) is 1. The van der Waals surface area contributed by atoms with Gasteiger partial charge in [-0.15, -0.1) is 11.3 Å². The molecule has 2 aliphatic rings. The molecule has 0 atom stereocenters. The number of benzene rings is 1. The third-order valence-corrected chi connectivity index (χ3v) is 5.63. The van der Waals surface area contributed by atoms with Crippen molar-refractivity contribution in [2.24, 2.45) is 0 Å². The standard InChI is InChI=1S/C17H14N4O5S/c22-14(19-17-18-12-3-1-2-4-13(12)27-17)8-20-15(23)10-6-5-9(21(25)26)7-11(10)16(20)24/h5-7H,1-4,8H2,(H,18,19,22). The Bertz CT molecular complexity index is 976. The smallest absolute Gasteiger partial charge is 0.270 e. The van der Waals surface area contributed by atoms with Crippen molar-refractivity contribution in [2.75, 3.05) is 11.9 Å². The average molecular weight is 386 g/mol. The van der Waals surface area contributed by atoms with Crippen LogP contribution in [0.15, 0.2) is 18.2 Å². The number of nitrogens with zero attached hydrogens (tertiary/aromatic N) is 3. The predicted molar refractivity (Wildman–Crippen MR) is 95.8 cm³/mol. The second-order valence-electron chi connectivity index (χ2n) is 6.33. The molecule has 0 radical (unpaired) electrons. The first kappa shape index (κ1) is 17.3. The Hall–Kier alpha value is -3.14. The molecule has 27 heavy (non-hydrogen) atoms. The van der Waals surface area contributed by atoms with E-state index in [0.29, 0.717) is 5.13 Å². The van der Waals surface area contributed by atoms with Crippen LogP contribution in [0.4, 0.5) is 10.8 Å². The number of carbonyl (C=O) groups excluding carboxylic acids is 3. The van der Waals surface area contributed by atoms with Gasteiger partial charge in [0.1, 0.15) is 6.54 Å². The molecule has 1 aliphatic heterocycles. The van der Waals surface area contributed by atoms with E-state index in [1.807, 2.05) is 0 Å². The highest BCUT2D eigenvalue weighted by molar-refractivity contribution is 7.15. The molecule has 2 heterocycles. The van der Waals surface area contributed by atoms with Gasteiger partial charge in [-0.1, -0.05) is 0 Å². The Morgan fingerprint density at radius 1 is 1.22 bits per heavy atom. The van der Waals surface area contributed by atoms with Crippen molar-refractivity contribution in [3.05, 3.63) is 50.0 Å². The van der Waals surface area contributed by atoms with E-state index in [-0.39, 0.29) is 16.8 Å². The van der Waals surface area contributed by atoms with E-state index in [1.54, 1.807) is 0 Å². The van der Waals surface area contributed by atoms with E-state index in [2.05, 4.69) is 10.3 Å². The maximum absolute atomic E-state index is 12.4. The van der Waals surface area contributed by atoms with Crippen LogP contribution in [-0.4, -0.2) is 39.1 Å². The summed E-state index contributed by atoms with van der Waals surface area (Å²) in [7, 11) is 0. The lowest BCUT2D eigenvalue weighted by Crippen LogP contribution is -2.37. The molecule has 4 rings (SSSR count). The molecule has 0 saturated carbocycles. The molecule has 0 unspecified atom stereocenters. The van der Waals surface area contributed by atoms with Crippen LogP contribution in [0.5, 0.6) is 0 Å². The minimum atomic E-state index is -0.715. The van der Waals surface area contributed by atoms with Gasteiger partial charge in [0.2, 0.25) is 5.91 Å². The van der Waals surface area contributed by atoms with Crippen molar-refractivity contribution in [1.82, 2.24) is 9.88 Å². The Kier molecular flexibility index (Phi) is 4.19. The third kappa shape index (κ3) is 3.08. The number of imide groups is 1. The van der Waals surface area contributed by atoms with Crippen molar-refractivity contribution >= 4 is 39.9 Å². The van der Waals surface area contributed by atoms with E-state index >= 15 is 0 Å². The van der Waals surface area contributed by atoms with Crippen LogP contribution in [0.1, 0.15) is 44.1 Å². The number of thiazole rings is 1. The number of rotatable bonds is 4. The molecule has 0 fully saturated rings. The fourth-order valence-electron chi connectivity index (χ4n) is 3.24. The molecule has 138 valence electrons. The van der Waals surface area contributed by atoms with Gasteiger partial charge in [0.05, 0.1) is 21.7 Å². The topological polar surface area (TPSA) is 123 Å². The maximum Gasteiger partial charge on any atom is 0.270 e. The molecule has 0 spiro atoms. The number of nitrogens with one attached hydrogen (secondary N) is 1. The zero-order valence-corrected chi connectivity index (χ0v) is 14.9. The quantitative estimate of drug-likeness (QED) is 0.488. The minimum Gasteiger partial charge on any atom is -0.300 e. The zero-order chi connectivity index (χ0) is 19.1. The SMILES string of the molecule is O=C(CN1C(=O)c2ccc([N+](=O)[O-])cc2C1=O)Nc1nc2c(s1)CCCC2. The molecule has 0 bridgehead atoms. The van der Waals surface area contributed by atoms with Crippen LogP contribution in [0.25, 0.3) is 0 Å². The first-order valence-electron chi connectivity index (χ1n) is 8.37. The molecular weight excluding hydrogens is 372 g/mol. The second-order valence-corrected chi connectivity index (χ2v) is 7.41. The van der Waals surface area contributed by atoms with Gasteiger partial charge >= 0.3 is 0 Å². The van der Waals surface area contributed by atoms with Crippen molar-refractivity contribution in [3.8, 4) is 0 Å². The Morgan fingerprint density at radius 2 is 1.96 bits per heavy atom. The van der Waals surface area contributed by atoms with Gasteiger partial charge in [0.15, 0.2) is 5.13 Å². The minimum absolute atomic E-state index is 0.0584. The third-order valence-electron chi connectivity index (χ3n) is 4.56. The number of fused-ring (bicyclic) bond motifs is 2. The summed E-state index contributed by atoms with van der Waals surface area (Å²) in [5.74, 6) is -1.89. The highest BCUT2D eigenvalue weighted by Crippen LogP contribution is 2.30. The fraction of sp³-hybridized carbons (Fsp3) is 0.294. The van der Waals surface area contributed by atoms with Crippen LogP contribution in [0.3, 0.4) is 0 Å². The summed E-state index contributed by atoms with van der Waals surface area (Å²) >= 11 is 1.41. The highest BCUT2D eigenvalue weighted by atomic mass is 32.1. The number of nitro groups is 1. The number of non-ortho nitro benzene ring substituents is 1. The number of hydrogen-bond acceptors (Lipinski definition) is 7. The van der Waals surface area contributed by atoms with E-state index < -0.39 is 29.2 Å². The van der Waals surface area contributed by atoms with Crippen molar-refractivity contribution in [3.63, 3.8) is 0 Å². The van der Waals surface area contributed by atoms with Gasteiger partial charge in [0.25, 0.3) is 17.5 Å². The van der Waals surface area contributed by atoms with Gasteiger partial charge in [-0.05, 0) is 31.7 Å². The number of amides is 3. The Balaban J connectivity index is 1.48. The summed E-state index contributed by atoms with van der Waals surface area (Å²) < 4.78 is 0. The number of anilines is 1. The van der Waals surface area contributed by atoms with E-state index in [4.69, 9.17) is 0 Å². The summed E-state index contributed by atoms with van der Waals surface area (Å²) in [5, 5.41) is 14.0. The van der Waals surface area contributed by atoms with Crippen LogP contribution < -0.4 is 5.32 Å². The highest BCUT2D eigenvalue weighted by Gasteiger charge is 2.38. The first-order valence-corrected chi connectivity index (χ1v) is 9.19. The lowest BCUT2D eigenvalue weighted by atomic mass is 10.0. The van der Waals surface area contributed by atoms with Crippen molar-refractivity contribution in [2.45, 2.75) is 25.7 Å². The predicted octanol–water partition coefficient (Wildman–Crippen LogP) is 2.16. The molecular formula is C17H14N4O5S. The van der Waals surface area contributed by atoms with E-state index in [1.165, 1.54) is 17.4 Å². The Labute approximate surface area is 157 Å². The average Bonchev–Trinajstić information content (AvgIpc) is 3.15. The van der Waals surface area contributed by atoms with Crippen LogP contribution in [-0.2, 0) is 17.6 Å². The van der Waals surface area contributed by atoms with Crippen LogP contribution in [0, 0.1) is 10.1 Å². The van der Waals surface area contributed by atoms with Gasteiger partial charge in [-0.2, -0.15) is 0 Å². The van der Waals surface area contributed by atoms with E-state index in [0.717, 1.165) is 53.3 Å². The van der Waals surface area contributed by atoms with Gasteiger partial charge in [0, 0.05) is 17.0 Å². The van der Waals surface area contributed by atoms with Gasteiger partial charge in [-0.25, -0.2) is 4.98 Å². The normalized spacial score (nSPS) is 15.5. The molecule has 9 nitrogen and oxygen atoms in total. The maximum atomic E-state index is 12.4. The molecule has 1 N–H and O–H groups in total. The number of aryl methyl sites for hydroxylation is 2. The summed E-state index contributed by atoms with van der Waals surface area (Å²) in [6.45, 7) is -0.468. The lowest BCUT2D eigenvalue weighted by molar-refractivity contribution is -0.384. The molecule has 1 aromatic carbocycles. The number of nitro benzene ring substituents is 1. The Morgan fingerprint density at radius 3 is 2.70 bits per heavy atom. The van der Waals surface area contributed by atoms with Gasteiger partial charge in [-0.3, -0.25) is 29.4 Å². The van der Waals surface area contributed by atoms with Crippen molar-refractivity contribution < 1.29 is 19.3 Å². The van der Waals surface area contributed by atoms with Crippen LogP contribution in [0.2, 0.25) is 0 Å². The molecule has 0 saturated heterocycles. The summed E-state index contributed by atoms with van der Waals surface area (Å²) in [5.41, 5.74) is 0.707. The zero-order valence-electron chi connectivity index (χ0n) is 14.1. The molecule has 1 aromatic heterocycles. The number of carbonyl (C=O) groups is 3. The first-order chi connectivity index (χ1) is 12.9.